The standard InChI is InChI=1S/C17H27N3S/c1-4-15-13-21-17(19-15)18-12-16(20(5-2)6-3)14-10-8-7-9-11-14/h7-11,15-16H,4-6,12-13H2,1-3H3,(H,18,19). The summed E-state index contributed by atoms with van der Waals surface area (Å²) in [7, 11) is 0. The maximum atomic E-state index is 4.84. The summed E-state index contributed by atoms with van der Waals surface area (Å²) in [5.41, 5.74) is 1.36. The summed E-state index contributed by atoms with van der Waals surface area (Å²) >= 11 is 1.86. The maximum absolute atomic E-state index is 4.84. The molecule has 1 aliphatic rings. The van der Waals surface area contributed by atoms with Gasteiger partial charge in [-0.2, -0.15) is 0 Å². The lowest BCUT2D eigenvalue weighted by atomic mass is 10.1. The van der Waals surface area contributed by atoms with Crippen LogP contribution in [0.25, 0.3) is 0 Å². The van der Waals surface area contributed by atoms with Crippen molar-refractivity contribution in [2.24, 2.45) is 4.99 Å². The number of rotatable bonds is 7. The predicted molar refractivity (Wildman–Crippen MR) is 94.1 cm³/mol. The van der Waals surface area contributed by atoms with Crippen molar-refractivity contribution < 1.29 is 0 Å². The normalized spacial score (nSPS) is 21.7. The highest BCUT2D eigenvalue weighted by atomic mass is 32.2. The molecular formula is C17H27N3S. The van der Waals surface area contributed by atoms with Gasteiger partial charge in [0.25, 0.3) is 0 Å². The summed E-state index contributed by atoms with van der Waals surface area (Å²) < 4.78 is 0. The lowest BCUT2D eigenvalue weighted by molar-refractivity contribution is 0.224. The fourth-order valence-electron chi connectivity index (χ4n) is 2.69. The van der Waals surface area contributed by atoms with E-state index in [2.05, 4.69) is 61.3 Å². The van der Waals surface area contributed by atoms with Crippen LogP contribution in [-0.4, -0.2) is 41.5 Å². The van der Waals surface area contributed by atoms with Crippen LogP contribution in [0.4, 0.5) is 0 Å². The zero-order valence-electron chi connectivity index (χ0n) is 13.4. The fraction of sp³-hybridized carbons (Fsp3) is 0.588. The van der Waals surface area contributed by atoms with E-state index in [-0.39, 0.29) is 0 Å². The molecule has 0 aromatic heterocycles. The third-order valence-electron chi connectivity index (χ3n) is 4.09. The van der Waals surface area contributed by atoms with Crippen molar-refractivity contribution in [1.82, 2.24) is 10.2 Å². The minimum atomic E-state index is 0.372. The summed E-state index contributed by atoms with van der Waals surface area (Å²) in [6.07, 6.45) is 1.17. The summed E-state index contributed by atoms with van der Waals surface area (Å²) in [5, 5.41) is 4.64. The van der Waals surface area contributed by atoms with Gasteiger partial charge in [0.05, 0.1) is 12.6 Å². The Morgan fingerprint density at radius 3 is 2.52 bits per heavy atom. The molecule has 0 amide bonds. The molecule has 3 nitrogen and oxygen atoms in total. The van der Waals surface area contributed by atoms with Crippen molar-refractivity contribution in [2.75, 3.05) is 25.4 Å². The number of benzene rings is 1. The van der Waals surface area contributed by atoms with Gasteiger partial charge in [-0.05, 0) is 25.1 Å². The Kier molecular flexibility index (Phi) is 6.58. The third-order valence-corrected chi connectivity index (χ3v) is 5.18. The van der Waals surface area contributed by atoms with Crippen LogP contribution in [0.1, 0.15) is 38.8 Å². The molecule has 0 bridgehead atoms. The molecule has 2 unspecified atom stereocenters. The molecule has 0 spiro atoms. The number of thioether (sulfide) groups is 1. The first kappa shape index (κ1) is 16.4. The van der Waals surface area contributed by atoms with E-state index in [1.807, 2.05) is 11.8 Å². The molecule has 1 N–H and O–H groups in total. The van der Waals surface area contributed by atoms with Gasteiger partial charge >= 0.3 is 0 Å². The van der Waals surface area contributed by atoms with Gasteiger partial charge in [0, 0.05) is 11.8 Å². The van der Waals surface area contributed by atoms with Crippen LogP contribution in [0, 0.1) is 0 Å². The lowest BCUT2D eigenvalue weighted by Crippen LogP contribution is -2.31. The van der Waals surface area contributed by atoms with Crippen LogP contribution in [0.15, 0.2) is 35.3 Å². The molecule has 1 saturated heterocycles. The highest BCUT2D eigenvalue weighted by molar-refractivity contribution is 8.14. The first-order chi connectivity index (χ1) is 10.3. The van der Waals surface area contributed by atoms with E-state index in [1.54, 1.807) is 0 Å². The molecule has 1 aromatic carbocycles. The molecule has 0 radical (unpaired) electrons. The number of amidine groups is 1. The fourth-order valence-corrected chi connectivity index (χ4v) is 3.78. The van der Waals surface area contributed by atoms with Crippen molar-refractivity contribution in [3.8, 4) is 0 Å². The molecule has 1 aromatic rings. The molecule has 116 valence electrons. The third kappa shape index (κ3) is 4.48. The number of hydrogen-bond acceptors (Lipinski definition) is 3. The second kappa shape index (κ2) is 8.44. The molecule has 0 aliphatic carbocycles. The Labute approximate surface area is 133 Å². The summed E-state index contributed by atoms with van der Waals surface area (Å²) in [4.78, 5) is 7.32. The Morgan fingerprint density at radius 2 is 1.95 bits per heavy atom. The molecule has 1 heterocycles. The van der Waals surface area contributed by atoms with Crippen molar-refractivity contribution in [3.05, 3.63) is 35.9 Å². The van der Waals surface area contributed by atoms with E-state index in [4.69, 9.17) is 4.99 Å². The molecule has 4 heteroatoms. The van der Waals surface area contributed by atoms with Crippen molar-refractivity contribution in [2.45, 2.75) is 39.3 Å². The van der Waals surface area contributed by atoms with Crippen LogP contribution in [0.5, 0.6) is 0 Å². The van der Waals surface area contributed by atoms with Crippen LogP contribution < -0.4 is 5.32 Å². The Balaban J connectivity index is 2.08. The van der Waals surface area contributed by atoms with E-state index in [9.17, 15) is 0 Å². The largest absolute Gasteiger partial charge is 0.361 e. The minimum absolute atomic E-state index is 0.372. The lowest BCUT2D eigenvalue weighted by Gasteiger charge is -2.29. The highest BCUT2D eigenvalue weighted by Gasteiger charge is 2.21. The molecule has 1 aliphatic heterocycles. The summed E-state index contributed by atoms with van der Waals surface area (Å²) in [5.74, 6) is 1.15. The second-order valence-corrected chi connectivity index (χ2v) is 6.36. The zero-order valence-corrected chi connectivity index (χ0v) is 14.2. The van der Waals surface area contributed by atoms with E-state index >= 15 is 0 Å². The Morgan fingerprint density at radius 1 is 1.24 bits per heavy atom. The molecule has 2 atom stereocenters. The molecule has 1 fully saturated rings. The number of likely N-dealkylation sites (N-methyl/N-ethyl adjacent to an activating group) is 1. The first-order valence-electron chi connectivity index (χ1n) is 8.01. The molecule has 2 rings (SSSR count). The van der Waals surface area contributed by atoms with Gasteiger partial charge in [-0.3, -0.25) is 9.89 Å². The minimum Gasteiger partial charge on any atom is -0.361 e. The smallest absolute Gasteiger partial charge is 0.156 e. The van der Waals surface area contributed by atoms with E-state index in [0.717, 1.165) is 30.6 Å². The van der Waals surface area contributed by atoms with Gasteiger partial charge in [-0.15, -0.1) is 0 Å². The second-order valence-electron chi connectivity index (χ2n) is 5.35. The van der Waals surface area contributed by atoms with Crippen molar-refractivity contribution in [3.63, 3.8) is 0 Å². The number of nitrogens with one attached hydrogen (secondary N) is 1. The summed E-state index contributed by atoms with van der Waals surface area (Å²) in [6.45, 7) is 9.62. The quantitative estimate of drug-likeness (QED) is 0.835. The van der Waals surface area contributed by atoms with Crippen LogP contribution in [0.2, 0.25) is 0 Å². The number of hydrogen-bond donors (Lipinski definition) is 1. The molecular weight excluding hydrogens is 278 g/mol. The average Bonchev–Trinajstić information content (AvgIpc) is 3.00. The molecule has 0 saturated carbocycles. The predicted octanol–water partition coefficient (Wildman–Crippen LogP) is 3.54. The maximum Gasteiger partial charge on any atom is 0.156 e. The number of nitrogens with zero attached hydrogens (tertiary/aromatic N) is 2. The van der Waals surface area contributed by atoms with Crippen molar-refractivity contribution >= 4 is 16.9 Å². The average molecular weight is 305 g/mol. The summed E-state index contributed by atoms with van der Waals surface area (Å²) in [6, 6.07) is 11.7. The van der Waals surface area contributed by atoms with Gasteiger partial charge in [0.15, 0.2) is 5.17 Å². The molecule has 21 heavy (non-hydrogen) atoms. The Bertz CT molecular complexity index is 443. The van der Waals surface area contributed by atoms with Crippen LogP contribution >= 0.6 is 11.8 Å². The van der Waals surface area contributed by atoms with Crippen LogP contribution in [0.3, 0.4) is 0 Å². The highest BCUT2D eigenvalue weighted by Crippen LogP contribution is 2.22. The van der Waals surface area contributed by atoms with Crippen molar-refractivity contribution in [1.29, 1.82) is 0 Å². The monoisotopic (exact) mass is 305 g/mol. The van der Waals surface area contributed by atoms with Gasteiger partial charge < -0.3 is 5.32 Å². The topological polar surface area (TPSA) is 27.6 Å². The van der Waals surface area contributed by atoms with Crippen LogP contribution in [-0.2, 0) is 0 Å². The SMILES string of the molecule is CCC1CSC(=NCC(c2ccccc2)N(CC)CC)N1. The van der Waals surface area contributed by atoms with Gasteiger partial charge in [0.2, 0.25) is 0 Å². The van der Waals surface area contributed by atoms with Gasteiger partial charge in [0.1, 0.15) is 0 Å². The van der Waals surface area contributed by atoms with Gasteiger partial charge in [-0.25, -0.2) is 0 Å². The van der Waals surface area contributed by atoms with E-state index in [0.29, 0.717) is 12.1 Å². The number of aliphatic imine (C=N–C) groups is 1. The van der Waals surface area contributed by atoms with E-state index < -0.39 is 0 Å². The van der Waals surface area contributed by atoms with Gasteiger partial charge in [-0.1, -0.05) is 62.9 Å². The van der Waals surface area contributed by atoms with E-state index in [1.165, 1.54) is 12.0 Å². The Hall–Kier alpha value is -1.00. The zero-order chi connectivity index (χ0) is 15.1. The first-order valence-corrected chi connectivity index (χ1v) is 8.99.